The molecule has 7 heteroatoms. The van der Waals surface area contributed by atoms with Crippen LogP contribution in [0.3, 0.4) is 0 Å². The van der Waals surface area contributed by atoms with Crippen LogP contribution in [0.25, 0.3) is 11.0 Å². The Morgan fingerprint density at radius 1 is 1.22 bits per heavy atom. The maximum Gasteiger partial charge on any atom is 0.271 e. The van der Waals surface area contributed by atoms with E-state index in [-0.39, 0.29) is 28.8 Å². The number of hydrogen-bond acceptors (Lipinski definition) is 5. The molecule has 2 aromatic carbocycles. The smallest absolute Gasteiger partial charge is 0.271 e. The second-order valence-electron chi connectivity index (χ2n) is 4.85. The van der Waals surface area contributed by atoms with Gasteiger partial charge < -0.3 is 9.73 Å². The number of rotatable bonds is 5. The van der Waals surface area contributed by atoms with Crippen molar-refractivity contribution < 1.29 is 14.1 Å². The first kappa shape index (κ1) is 15.1. The van der Waals surface area contributed by atoms with Crippen molar-refractivity contribution >= 4 is 39.7 Å². The van der Waals surface area contributed by atoms with Gasteiger partial charge in [-0.1, -0.05) is 29.8 Å². The lowest BCUT2D eigenvalue weighted by Crippen LogP contribution is -2.13. The van der Waals surface area contributed by atoms with Crippen LogP contribution in [0, 0.1) is 10.1 Å². The number of halogens is 1. The van der Waals surface area contributed by atoms with Crippen molar-refractivity contribution in [1.29, 1.82) is 0 Å². The molecule has 23 heavy (non-hydrogen) atoms. The fourth-order valence-electron chi connectivity index (χ4n) is 2.14. The van der Waals surface area contributed by atoms with E-state index in [0.717, 1.165) is 5.39 Å². The van der Waals surface area contributed by atoms with Gasteiger partial charge in [0.15, 0.2) is 5.76 Å². The standard InChI is InChI=1S/C16H11ClN2O4/c17-12-8-11(19(21)22)5-6-13(12)18-9-14(20)16-7-10-3-1-2-4-15(10)23-16/h1-8,18H,9H2. The molecule has 0 saturated heterocycles. The van der Waals surface area contributed by atoms with E-state index in [9.17, 15) is 14.9 Å². The zero-order valence-electron chi connectivity index (χ0n) is 11.8. The molecule has 3 aromatic rings. The van der Waals surface area contributed by atoms with Crippen molar-refractivity contribution in [1.82, 2.24) is 0 Å². The second kappa shape index (κ2) is 6.10. The number of Topliss-reactive ketones (excluding diaryl/α,β-unsaturated/α-hetero) is 1. The predicted molar refractivity (Wildman–Crippen MR) is 87.1 cm³/mol. The van der Waals surface area contributed by atoms with Gasteiger partial charge in [-0.05, 0) is 18.2 Å². The van der Waals surface area contributed by atoms with Crippen LogP contribution in [0.15, 0.2) is 52.9 Å². The molecular weight excluding hydrogens is 320 g/mol. The normalized spacial score (nSPS) is 10.7. The highest BCUT2D eigenvalue weighted by atomic mass is 35.5. The highest BCUT2D eigenvalue weighted by Crippen LogP contribution is 2.26. The Bertz CT molecular complexity index is 871. The molecule has 3 rings (SSSR count). The Labute approximate surface area is 135 Å². The van der Waals surface area contributed by atoms with Crippen LogP contribution in [0.2, 0.25) is 5.02 Å². The first-order valence-electron chi connectivity index (χ1n) is 6.74. The average molecular weight is 331 g/mol. The summed E-state index contributed by atoms with van der Waals surface area (Å²) in [5, 5.41) is 14.5. The van der Waals surface area contributed by atoms with Gasteiger partial charge in [0.1, 0.15) is 5.58 Å². The zero-order valence-corrected chi connectivity index (χ0v) is 12.5. The number of non-ortho nitro benzene ring substituents is 1. The molecule has 0 spiro atoms. The molecule has 1 heterocycles. The predicted octanol–water partition coefficient (Wildman–Crippen LogP) is 4.29. The lowest BCUT2D eigenvalue weighted by atomic mass is 10.2. The van der Waals surface area contributed by atoms with Crippen LogP contribution in [-0.4, -0.2) is 17.3 Å². The van der Waals surface area contributed by atoms with Gasteiger partial charge in [0.2, 0.25) is 5.78 Å². The summed E-state index contributed by atoms with van der Waals surface area (Å²) < 4.78 is 5.49. The van der Waals surface area contributed by atoms with Gasteiger partial charge in [0, 0.05) is 17.5 Å². The Kier molecular flexibility index (Phi) is 3.99. The number of benzene rings is 2. The van der Waals surface area contributed by atoms with Gasteiger partial charge >= 0.3 is 0 Å². The van der Waals surface area contributed by atoms with E-state index in [1.54, 1.807) is 12.1 Å². The molecule has 0 amide bonds. The molecular formula is C16H11ClN2O4. The van der Waals surface area contributed by atoms with Crippen molar-refractivity contribution in [2.45, 2.75) is 0 Å². The number of nitrogens with one attached hydrogen (secondary N) is 1. The molecule has 1 N–H and O–H groups in total. The Hall–Kier alpha value is -2.86. The van der Waals surface area contributed by atoms with Crippen molar-refractivity contribution in [3.05, 3.63) is 69.4 Å². The van der Waals surface area contributed by atoms with E-state index >= 15 is 0 Å². The van der Waals surface area contributed by atoms with Crippen molar-refractivity contribution in [3.63, 3.8) is 0 Å². The van der Waals surface area contributed by atoms with E-state index in [1.165, 1.54) is 18.2 Å². The second-order valence-corrected chi connectivity index (χ2v) is 5.25. The summed E-state index contributed by atoms with van der Waals surface area (Å²) in [6.07, 6.45) is 0. The molecule has 0 unspecified atom stereocenters. The number of nitro benzene ring substituents is 1. The number of furan rings is 1. The van der Waals surface area contributed by atoms with Gasteiger partial charge in [-0.25, -0.2) is 0 Å². The summed E-state index contributed by atoms with van der Waals surface area (Å²) >= 11 is 5.97. The van der Waals surface area contributed by atoms with Crippen LogP contribution in [0.1, 0.15) is 10.6 Å². The molecule has 0 radical (unpaired) electrons. The molecule has 0 atom stereocenters. The van der Waals surface area contributed by atoms with E-state index in [0.29, 0.717) is 11.3 Å². The quantitative estimate of drug-likeness (QED) is 0.428. The number of fused-ring (bicyclic) bond motifs is 1. The van der Waals surface area contributed by atoms with Gasteiger partial charge in [-0.15, -0.1) is 0 Å². The number of carbonyl (C=O) groups excluding carboxylic acids is 1. The van der Waals surface area contributed by atoms with Crippen molar-refractivity contribution in [2.75, 3.05) is 11.9 Å². The van der Waals surface area contributed by atoms with Crippen LogP contribution in [-0.2, 0) is 0 Å². The SMILES string of the molecule is O=C(CNc1ccc([N+](=O)[O-])cc1Cl)c1cc2ccccc2o1. The maximum atomic E-state index is 12.2. The summed E-state index contributed by atoms with van der Waals surface area (Å²) in [6, 6.07) is 13.0. The Balaban J connectivity index is 1.72. The first-order chi connectivity index (χ1) is 11.0. The van der Waals surface area contributed by atoms with Crippen LogP contribution < -0.4 is 5.32 Å². The maximum absolute atomic E-state index is 12.2. The largest absolute Gasteiger partial charge is 0.453 e. The molecule has 6 nitrogen and oxygen atoms in total. The number of anilines is 1. The van der Waals surface area contributed by atoms with Crippen molar-refractivity contribution in [3.8, 4) is 0 Å². The molecule has 1 aromatic heterocycles. The van der Waals surface area contributed by atoms with E-state index in [4.69, 9.17) is 16.0 Å². The first-order valence-corrected chi connectivity index (χ1v) is 7.12. The van der Waals surface area contributed by atoms with Gasteiger partial charge in [0.25, 0.3) is 5.69 Å². The third kappa shape index (κ3) is 3.17. The Morgan fingerprint density at radius 3 is 2.70 bits per heavy atom. The number of nitro groups is 1. The monoisotopic (exact) mass is 330 g/mol. The number of hydrogen-bond donors (Lipinski definition) is 1. The minimum atomic E-state index is -0.533. The van der Waals surface area contributed by atoms with Crippen LogP contribution >= 0.6 is 11.6 Å². The lowest BCUT2D eigenvalue weighted by molar-refractivity contribution is -0.384. The minimum absolute atomic E-state index is 0.0304. The molecule has 116 valence electrons. The zero-order chi connectivity index (χ0) is 16.4. The van der Waals surface area contributed by atoms with E-state index in [1.807, 2.05) is 18.2 Å². The van der Waals surface area contributed by atoms with Gasteiger partial charge in [0.05, 0.1) is 22.2 Å². The summed E-state index contributed by atoms with van der Waals surface area (Å²) in [6.45, 7) is -0.0304. The molecule has 0 aliphatic carbocycles. The molecule has 0 fully saturated rings. The fourth-order valence-corrected chi connectivity index (χ4v) is 2.38. The number of carbonyl (C=O) groups is 1. The third-order valence-corrected chi connectivity index (χ3v) is 3.62. The number of nitrogens with zero attached hydrogens (tertiary/aromatic N) is 1. The molecule has 0 bridgehead atoms. The number of ketones is 1. The highest BCUT2D eigenvalue weighted by molar-refractivity contribution is 6.33. The van der Waals surface area contributed by atoms with E-state index < -0.39 is 4.92 Å². The van der Waals surface area contributed by atoms with Crippen LogP contribution in [0.5, 0.6) is 0 Å². The minimum Gasteiger partial charge on any atom is -0.453 e. The van der Waals surface area contributed by atoms with Crippen LogP contribution in [0.4, 0.5) is 11.4 Å². The molecule has 0 aliphatic rings. The molecule has 0 aliphatic heterocycles. The summed E-state index contributed by atoms with van der Waals surface area (Å²) in [5.74, 6) is 0.00681. The summed E-state index contributed by atoms with van der Waals surface area (Å²) in [4.78, 5) is 22.3. The number of para-hydroxylation sites is 1. The third-order valence-electron chi connectivity index (χ3n) is 3.30. The highest BCUT2D eigenvalue weighted by Gasteiger charge is 2.14. The lowest BCUT2D eigenvalue weighted by Gasteiger charge is -2.06. The summed E-state index contributed by atoms with van der Waals surface area (Å²) in [7, 11) is 0. The van der Waals surface area contributed by atoms with Gasteiger partial charge in [-0.2, -0.15) is 0 Å². The van der Waals surface area contributed by atoms with Gasteiger partial charge in [-0.3, -0.25) is 14.9 Å². The topological polar surface area (TPSA) is 85.4 Å². The summed E-state index contributed by atoms with van der Waals surface area (Å²) in [5.41, 5.74) is 0.982. The Morgan fingerprint density at radius 2 is 2.00 bits per heavy atom. The molecule has 0 saturated carbocycles. The van der Waals surface area contributed by atoms with Crippen molar-refractivity contribution in [2.24, 2.45) is 0 Å². The average Bonchev–Trinajstić information content (AvgIpc) is 2.97. The van der Waals surface area contributed by atoms with E-state index in [2.05, 4.69) is 5.32 Å². The fraction of sp³-hybridized carbons (Fsp3) is 0.0625.